The molecule has 2 saturated heterocycles. The van der Waals surface area contributed by atoms with E-state index in [0.717, 1.165) is 5.56 Å². The Hall–Kier alpha value is -3.00. The van der Waals surface area contributed by atoms with Crippen LogP contribution < -0.4 is 10.5 Å². The molecule has 10 heteroatoms. The molecule has 2 unspecified atom stereocenters. The average Bonchev–Trinajstić information content (AvgIpc) is 3.10. The largest absolute Gasteiger partial charge is 0.372 e. The van der Waals surface area contributed by atoms with E-state index >= 15 is 0 Å². The first kappa shape index (κ1) is 27.0. The zero-order chi connectivity index (χ0) is 26.9. The van der Waals surface area contributed by atoms with E-state index in [1.165, 1.54) is 28.8 Å². The van der Waals surface area contributed by atoms with Crippen LogP contribution in [0.4, 0.5) is 10.2 Å². The van der Waals surface area contributed by atoms with Gasteiger partial charge in [0, 0.05) is 25.2 Å². The Bertz CT molecular complexity index is 1350. The van der Waals surface area contributed by atoms with Gasteiger partial charge in [0.1, 0.15) is 27.6 Å². The lowest BCUT2D eigenvalue weighted by Gasteiger charge is -2.39. The topological polar surface area (TPSA) is 78.6 Å². The van der Waals surface area contributed by atoms with Gasteiger partial charge in [-0.1, -0.05) is 43.0 Å². The lowest BCUT2D eigenvalue weighted by molar-refractivity contribution is -0.122. The van der Waals surface area contributed by atoms with Gasteiger partial charge in [-0.05, 0) is 56.5 Å². The molecular weight excluding hydrogens is 511 g/mol. The first-order chi connectivity index (χ1) is 17.6. The Morgan fingerprint density at radius 1 is 1.22 bits per heavy atom. The number of thiocarbonyl (C=S) groups is 1. The fraction of sp³-hybridized carbons (Fsp3) is 0.407. The molecule has 7 nitrogen and oxygen atoms in total. The molecule has 37 heavy (non-hydrogen) atoms. The number of hydrogen-bond donors (Lipinski definition) is 0. The molecule has 0 N–H and O–H groups in total. The number of nitriles is 1. The molecule has 0 spiro atoms. The molecule has 0 aliphatic carbocycles. The highest BCUT2D eigenvalue weighted by atomic mass is 32.2. The first-order valence-electron chi connectivity index (χ1n) is 12.2. The van der Waals surface area contributed by atoms with Gasteiger partial charge >= 0.3 is 0 Å². The van der Waals surface area contributed by atoms with Crippen LogP contribution in [-0.4, -0.2) is 45.0 Å². The number of anilines is 1. The summed E-state index contributed by atoms with van der Waals surface area (Å²) in [4.78, 5) is 30.8. The number of pyridine rings is 1. The van der Waals surface area contributed by atoms with Crippen molar-refractivity contribution in [2.24, 2.45) is 0 Å². The van der Waals surface area contributed by atoms with E-state index in [1.54, 1.807) is 29.7 Å². The molecule has 1 aromatic heterocycles. The Balaban J connectivity index is 1.83. The number of rotatable bonds is 6. The number of ether oxygens (including phenoxy) is 1. The normalized spacial score (nSPS) is 21.1. The standard InChI is InChI=1S/C27H29FN4O3S2/c1-5-10-31-24(30-13-16(2)35-17(3)14-30)21(18(4)22(12-29)25(31)33)11-23-26(34)32(27(36)37-23)15-19-6-8-20(28)9-7-19/h6-9,11,16-17H,5,10,13-15H2,1-4H3. The van der Waals surface area contributed by atoms with E-state index in [4.69, 9.17) is 17.0 Å². The quantitative estimate of drug-likeness (QED) is 0.392. The Labute approximate surface area is 225 Å². The fourth-order valence-corrected chi connectivity index (χ4v) is 6.04. The number of amides is 1. The Morgan fingerprint density at radius 2 is 1.86 bits per heavy atom. The van der Waals surface area contributed by atoms with Crippen molar-refractivity contribution in [3.8, 4) is 6.07 Å². The molecule has 2 aliphatic heterocycles. The van der Waals surface area contributed by atoms with Crippen LogP contribution in [0.3, 0.4) is 0 Å². The van der Waals surface area contributed by atoms with Gasteiger partial charge in [0.15, 0.2) is 0 Å². The minimum atomic E-state index is -0.348. The van der Waals surface area contributed by atoms with Crippen LogP contribution in [0.15, 0.2) is 34.0 Å². The number of hydrogen-bond acceptors (Lipinski definition) is 7. The third-order valence-electron chi connectivity index (χ3n) is 6.42. The average molecular weight is 541 g/mol. The minimum Gasteiger partial charge on any atom is -0.372 e. The van der Waals surface area contributed by atoms with Crippen LogP contribution in [0, 0.1) is 24.1 Å². The maximum absolute atomic E-state index is 13.4. The summed E-state index contributed by atoms with van der Waals surface area (Å²) in [7, 11) is 0. The third-order valence-corrected chi connectivity index (χ3v) is 7.79. The number of aromatic nitrogens is 1. The molecular formula is C27H29FN4O3S2. The second-order valence-electron chi connectivity index (χ2n) is 9.36. The van der Waals surface area contributed by atoms with E-state index < -0.39 is 0 Å². The van der Waals surface area contributed by atoms with Gasteiger partial charge in [0.25, 0.3) is 11.5 Å². The van der Waals surface area contributed by atoms with E-state index in [9.17, 15) is 19.2 Å². The molecule has 2 aliphatic rings. The van der Waals surface area contributed by atoms with Gasteiger partial charge in [-0.3, -0.25) is 19.1 Å². The molecule has 1 amide bonds. The zero-order valence-corrected chi connectivity index (χ0v) is 22.9. The predicted molar refractivity (Wildman–Crippen MR) is 148 cm³/mol. The molecule has 0 radical (unpaired) electrons. The number of halogens is 1. The lowest BCUT2D eigenvalue weighted by Crippen LogP contribution is -2.48. The molecule has 1 aromatic carbocycles. The summed E-state index contributed by atoms with van der Waals surface area (Å²) in [6.07, 6.45) is 2.36. The van der Waals surface area contributed by atoms with Gasteiger partial charge in [-0.25, -0.2) is 4.39 Å². The molecule has 4 rings (SSSR count). The van der Waals surface area contributed by atoms with Crippen LogP contribution in [0.25, 0.3) is 6.08 Å². The van der Waals surface area contributed by atoms with Crippen LogP contribution in [0.1, 0.15) is 49.4 Å². The summed E-state index contributed by atoms with van der Waals surface area (Å²) in [6.45, 7) is 9.52. The number of nitrogens with zero attached hydrogens (tertiary/aromatic N) is 4. The van der Waals surface area contributed by atoms with Crippen LogP contribution in [0.5, 0.6) is 0 Å². The second-order valence-corrected chi connectivity index (χ2v) is 11.0. The summed E-state index contributed by atoms with van der Waals surface area (Å²) in [5, 5.41) is 9.84. The second kappa shape index (κ2) is 11.2. The van der Waals surface area contributed by atoms with Gasteiger partial charge in [0.05, 0.1) is 23.7 Å². The summed E-state index contributed by atoms with van der Waals surface area (Å²) in [6, 6.07) is 8.03. The van der Waals surface area contributed by atoms with Crippen molar-refractivity contribution in [3.63, 3.8) is 0 Å². The number of carbonyl (C=O) groups is 1. The van der Waals surface area contributed by atoms with E-state index in [2.05, 4.69) is 11.0 Å². The number of morpholine rings is 1. The molecule has 0 saturated carbocycles. The maximum atomic E-state index is 13.4. The van der Waals surface area contributed by atoms with Crippen molar-refractivity contribution in [1.29, 1.82) is 5.26 Å². The van der Waals surface area contributed by atoms with Crippen LogP contribution >= 0.6 is 24.0 Å². The summed E-state index contributed by atoms with van der Waals surface area (Å²) >= 11 is 6.70. The summed E-state index contributed by atoms with van der Waals surface area (Å²) in [5.74, 6) is 0.0774. The highest BCUT2D eigenvalue weighted by Crippen LogP contribution is 2.37. The lowest BCUT2D eigenvalue weighted by atomic mass is 10.0. The highest BCUT2D eigenvalue weighted by Gasteiger charge is 2.34. The molecule has 3 heterocycles. The van der Waals surface area contributed by atoms with Crippen molar-refractivity contribution in [1.82, 2.24) is 9.47 Å². The third kappa shape index (κ3) is 5.49. The number of thioether (sulfide) groups is 1. The molecule has 194 valence electrons. The van der Waals surface area contributed by atoms with Crippen molar-refractivity contribution >= 4 is 46.1 Å². The van der Waals surface area contributed by atoms with Crippen LogP contribution in [-0.2, 0) is 22.6 Å². The van der Waals surface area contributed by atoms with Gasteiger partial charge in [-0.15, -0.1) is 0 Å². The predicted octanol–water partition coefficient (Wildman–Crippen LogP) is 4.59. The van der Waals surface area contributed by atoms with E-state index in [1.807, 2.05) is 20.8 Å². The van der Waals surface area contributed by atoms with Crippen LogP contribution in [0.2, 0.25) is 0 Å². The smallest absolute Gasteiger partial charge is 0.270 e. The van der Waals surface area contributed by atoms with Crippen molar-refractivity contribution in [2.75, 3.05) is 18.0 Å². The summed E-state index contributed by atoms with van der Waals surface area (Å²) in [5.41, 5.74) is 1.69. The van der Waals surface area contributed by atoms with Gasteiger partial charge in [-0.2, -0.15) is 5.26 Å². The van der Waals surface area contributed by atoms with E-state index in [-0.39, 0.29) is 41.6 Å². The Kier molecular flexibility index (Phi) is 8.17. The van der Waals surface area contributed by atoms with Gasteiger partial charge < -0.3 is 9.64 Å². The van der Waals surface area contributed by atoms with Gasteiger partial charge in [0.2, 0.25) is 0 Å². The SMILES string of the molecule is CCCn1c(N2CC(C)OC(C)C2)c(C=C2SC(=S)N(Cc3ccc(F)cc3)C2=O)c(C)c(C#N)c1=O. The van der Waals surface area contributed by atoms with Crippen molar-refractivity contribution in [2.45, 2.75) is 59.4 Å². The molecule has 2 aromatic rings. The monoisotopic (exact) mass is 540 g/mol. The molecule has 2 atom stereocenters. The summed E-state index contributed by atoms with van der Waals surface area (Å²) < 4.78 is 21.3. The zero-order valence-electron chi connectivity index (χ0n) is 21.3. The first-order valence-corrected chi connectivity index (χ1v) is 13.4. The maximum Gasteiger partial charge on any atom is 0.270 e. The number of benzene rings is 1. The highest BCUT2D eigenvalue weighted by molar-refractivity contribution is 8.26. The number of carbonyl (C=O) groups excluding carboxylic acids is 1. The van der Waals surface area contributed by atoms with Crippen molar-refractivity contribution < 1.29 is 13.9 Å². The fourth-order valence-electron chi connectivity index (χ4n) is 4.81. The van der Waals surface area contributed by atoms with E-state index in [0.29, 0.717) is 52.2 Å². The molecule has 2 fully saturated rings. The minimum absolute atomic E-state index is 0.0494. The Morgan fingerprint density at radius 3 is 2.46 bits per heavy atom. The van der Waals surface area contributed by atoms with Crippen molar-refractivity contribution in [3.05, 3.63) is 67.6 Å². The molecule has 0 bridgehead atoms.